The van der Waals surface area contributed by atoms with Crippen molar-refractivity contribution in [1.82, 2.24) is 0 Å². The van der Waals surface area contributed by atoms with Gasteiger partial charge in [0.2, 0.25) is 5.85 Å². The fraction of sp³-hybridized carbons (Fsp3) is 1.00. The van der Waals surface area contributed by atoms with Gasteiger partial charge in [-0.2, -0.15) is 0 Å². The first-order valence-electron chi connectivity index (χ1n) is 7.02. The van der Waals surface area contributed by atoms with Gasteiger partial charge in [-0.15, -0.1) is 0 Å². The maximum absolute atomic E-state index is 10.7. The molecule has 0 saturated carbocycles. The van der Waals surface area contributed by atoms with Gasteiger partial charge in [0.1, 0.15) is 0 Å². The van der Waals surface area contributed by atoms with Crippen molar-refractivity contribution in [2.24, 2.45) is 5.73 Å². The molecule has 0 aromatic heterocycles. The van der Waals surface area contributed by atoms with E-state index in [1.807, 2.05) is 6.92 Å². The second-order valence-electron chi connectivity index (χ2n) is 4.09. The number of aliphatic hydroxyl groups is 1. The molecule has 0 saturated heterocycles. The quantitative estimate of drug-likeness (QED) is 0.308. The highest BCUT2D eigenvalue weighted by atomic mass is 35.9. The van der Waals surface area contributed by atoms with Crippen LogP contribution < -0.4 is 5.73 Å². The first-order valence-corrected chi connectivity index (χ1v) is 19.2. The second kappa shape index (κ2) is 30.9. The van der Waals surface area contributed by atoms with E-state index in [0.29, 0.717) is 6.16 Å². The van der Waals surface area contributed by atoms with Crippen molar-refractivity contribution in [3.63, 3.8) is 0 Å². The third-order valence-corrected chi connectivity index (χ3v) is 5.67. The standard InChI is InChI=1S/C4H11O2P.2C2H6ClO2P.CH3Cl2OP.CH5N.CH4O.2CH4/c1-4-7(3,5)6-2;2*1-5-6(2,3)4;1-5(2,3)4;2*1-2;;/h4H2,1-3H3;2*1-2H3;1H3;2H2,1H3;2H,1H3;2*1H4. The summed E-state index contributed by atoms with van der Waals surface area (Å²) in [7, 11) is 4.45. The summed E-state index contributed by atoms with van der Waals surface area (Å²) >= 11 is 19.8. The predicted octanol–water partition coefficient (Wildman–Crippen LogP) is 7.69. The van der Waals surface area contributed by atoms with E-state index >= 15 is 0 Å². The molecule has 0 bridgehead atoms. The van der Waals surface area contributed by atoms with E-state index in [1.54, 1.807) is 6.66 Å². The summed E-state index contributed by atoms with van der Waals surface area (Å²) in [5.74, 6) is -2.69. The summed E-state index contributed by atoms with van der Waals surface area (Å²) in [5, 5.41) is 7.00. The van der Waals surface area contributed by atoms with Crippen molar-refractivity contribution in [2.75, 3.05) is 68.3 Å². The number of hydrogen-bond acceptors (Lipinski definition) is 9. The maximum atomic E-state index is 10.7. The van der Waals surface area contributed by atoms with Crippen LogP contribution >= 0.6 is 71.6 Å². The van der Waals surface area contributed by atoms with Gasteiger partial charge >= 0.3 is 0 Å². The Morgan fingerprint density at radius 3 is 0.833 bits per heavy atom. The minimum absolute atomic E-state index is 0. The van der Waals surface area contributed by atoms with Crippen LogP contribution in [0.4, 0.5) is 0 Å². The number of nitrogens with two attached hydrogens (primary N) is 1. The van der Waals surface area contributed by atoms with Crippen molar-refractivity contribution in [3.05, 3.63) is 0 Å². The smallest absolute Gasteiger partial charge is 0.286 e. The van der Waals surface area contributed by atoms with Gasteiger partial charge < -0.3 is 24.4 Å². The zero-order valence-corrected chi connectivity index (χ0v) is 24.5. The maximum Gasteiger partial charge on any atom is 0.286 e. The van der Waals surface area contributed by atoms with E-state index in [2.05, 4.69) is 19.3 Å². The number of rotatable bonds is 4. The molecule has 0 aromatic rings. The fourth-order valence-electron chi connectivity index (χ4n) is 0.129. The summed E-state index contributed by atoms with van der Waals surface area (Å²) in [6.07, 6.45) is 0.628. The van der Waals surface area contributed by atoms with Gasteiger partial charge in [0.05, 0.1) is 0 Å². The molecule has 0 heterocycles. The average molecular weight is 607 g/mol. The van der Waals surface area contributed by atoms with Gasteiger partial charge in [-0.3, -0.25) is 18.3 Å². The molecular formula is C13H43Cl4NO8P4. The van der Waals surface area contributed by atoms with Gasteiger partial charge in [0.15, 0.2) is 7.37 Å². The summed E-state index contributed by atoms with van der Waals surface area (Å²) in [6.45, 7) is 2.09. The van der Waals surface area contributed by atoms with Crippen LogP contribution in [0.1, 0.15) is 21.8 Å². The molecule has 0 aliphatic rings. The first-order chi connectivity index (χ1) is 12.2. The Morgan fingerprint density at radius 2 is 0.833 bits per heavy atom. The third kappa shape index (κ3) is 129. The molecular weight excluding hydrogens is 564 g/mol. The fourth-order valence-corrected chi connectivity index (χ4v) is 0.387. The molecule has 0 aromatic carbocycles. The Balaban J connectivity index is -0.0000000333. The topological polar surface area (TPSA) is 142 Å². The molecule has 0 fully saturated rings. The van der Waals surface area contributed by atoms with Crippen LogP contribution in [0, 0.1) is 0 Å². The highest BCUT2D eigenvalue weighted by Gasteiger charge is 2.07. The molecule has 30 heavy (non-hydrogen) atoms. The summed E-state index contributed by atoms with van der Waals surface area (Å²) in [5.41, 5.74) is 4.50. The normalized spacial score (nSPS) is 14.7. The van der Waals surface area contributed by atoms with E-state index in [0.717, 1.165) is 7.11 Å². The van der Waals surface area contributed by atoms with Gasteiger partial charge in [-0.1, -0.05) is 21.8 Å². The SMILES string of the molecule is C.C.CCP(C)(=O)OC.CN.CO.COP(C)(=O)Cl.COP(C)(=O)Cl.CP(=O)(Cl)Cl. The van der Waals surface area contributed by atoms with Crippen molar-refractivity contribution < 1.29 is 36.9 Å². The Hall–Kier alpha value is 1.88. The predicted molar refractivity (Wildman–Crippen MR) is 141 cm³/mol. The lowest BCUT2D eigenvalue weighted by molar-refractivity contribution is 0.399. The van der Waals surface area contributed by atoms with E-state index in [-0.39, 0.29) is 14.9 Å². The van der Waals surface area contributed by atoms with Crippen LogP contribution in [0.15, 0.2) is 0 Å². The molecule has 0 spiro atoms. The molecule has 3 atom stereocenters. The van der Waals surface area contributed by atoms with Crippen LogP contribution in [-0.2, 0) is 31.8 Å². The highest BCUT2D eigenvalue weighted by molar-refractivity contribution is 8.08. The Morgan fingerprint density at radius 1 is 0.700 bits per heavy atom. The van der Waals surface area contributed by atoms with Gasteiger partial charge in [0.25, 0.3) is 13.4 Å². The Kier molecular flexibility index (Phi) is 54.9. The van der Waals surface area contributed by atoms with Crippen molar-refractivity contribution >= 4 is 71.6 Å². The summed E-state index contributed by atoms with van der Waals surface area (Å²) in [4.78, 5) is 0. The highest BCUT2D eigenvalue weighted by Crippen LogP contribution is 2.52. The van der Waals surface area contributed by atoms with E-state index in [1.165, 1.54) is 48.4 Å². The molecule has 17 heteroatoms. The third-order valence-electron chi connectivity index (χ3n) is 1.61. The molecule has 3 unspecified atom stereocenters. The zero-order valence-electron chi connectivity index (χ0n) is 17.9. The lowest BCUT2D eigenvalue weighted by Crippen LogP contribution is -1.82. The molecule has 9 nitrogen and oxygen atoms in total. The first kappa shape index (κ1) is 53.3. The lowest BCUT2D eigenvalue weighted by Gasteiger charge is -2.04. The van der Waals surface area contributed by atoms with Crippen LogP contribution in [0.5, 0.6) is 0 Å². The Bertz CT molecular complexity index is 459. The summed E-state index contributed by atoms with van der Waals surface area (Å²) < 4.78 is 53.9. The molecule has 196 valence electrons. The minimum atomic E-state index is -2.69. The summed E-state index contributed by atoms with van der Waals surface area (Å²) in [6, 6.07) is 0. The van der Waals surface area contributed by atoms with Crippen LogP contribution in [0.3, 0.4) is 0 Å². The van der Waals surface area contributed by atoms with Crippen molar-refractivity contribution in [3.8, 4) is 0 Å². The molecule has 0 aliphatic carbocycles. The molecule has 0 rings (SSSR count). The molecule has 0 radical (unpaired) electrons. The average Bonchev–Trinajstić information content (AvgIpc) is 2.57. The van der Waals surface area contributed by atoms with E-state index in [9.17, 15) is 18.3 Å². The van der Waals surface area contributed by atoms with Crippen molar-refractivity contribution in [2.45, 2.75) is 21.8 Å². The van der Waals surface area contributed by atoms with Gasteiger partial charge in [-0.25, -0.2) is 0 Å². The second-order valence-corrected chi connectivity index (χ2v) is 20.4. The van der Waals surface area contributed by atoms with Gasteiger partial charge in [-0.05, 0) is 52.0 Å². The number of hydrogen-bond donors (Lipinski definition) is 2. The monoisotopic (exact) mass is 605 g/mol. The molecule has 3 N–H and O–H groups in total. The van der Waals surface area contributed by atoms with Crippen LogP contribution in [-0.4, -0.2) is 73.4 Å². The lowest BCUT2D eigenvalue weighted by atomic mass is 11.0. The van der Waals surface area contributed by atoms with Gasteiger partial charge in [0, 0.05) is 61.3 Å². The largest absolute Gasteiger partial charge is 0.400 e. The van der Waals surface area contributed by atoms with Crippen LogP contribution in [0.25, 0.3) is 0 Å². The zero-order chi connectivity index (χ0) is 24.8. The molecule has 0 aliphatic heterocycles. The van der Waals surface area contributed by atoms with Crippen molar-refractivity contribution in [1.29, 1.82) is 0 Å². The van der Waals surface area contributed by atoms with E-state index < -0.39 is 26.7 Å². The van der Waals surface area contributed by atoms with Crippen LogP contribution in [0.2, 0.25) is 0 Å². The molecule has 0 amide bonds. The number of aliphatic hydroxyl groups excluding tert-OH is 1. The Labute approximate surface area is 203 Å². The minimum Gasteiger partial charge on any atom is -0.400 e. The number of halogens is 4. The van der Waals surface area contributed by atoms with E-state index in [4.69, 9.17) is 50.1 Å².